The number of nitrogens with one attached hydrogen (secondary N) is 1. The van der Waals surface area contributed by atoms with Crippen LogP contribution >= 0.6 is 0 Å². The van der Waals surface area contributed by atoms with Gasteiger partial charge in [0.05, 0.1) is 10.3 Å². The summed E-state index contributed by atoms with van der Waals surface area (Å²) in [6.07, 6.45) is 0. The highest BCUT2D eigenvalue weighted by Gasteiger charge is 2.12. The predicted molar refractivity (Wildman–Crippen MR) is 123 cm³/mol. The van der Waals surface area contributed by atoms with Gasteiger partial charge in [0.1, 0.15) is 11.3 Å². The van der Waals surface area contributed by atoms with Gasteiger partial charge in [0.15, 0.2) is 5.43 Å². The van der Waals surface area contributed by atoms with Gasteiger partial charge in [-0.2, -0.15) is 0 Å². The number of carbonyl (C=O) groups excluding carboxylic acids is 1. The highest BCUT2D eigenvalue weighted by atomic mass is 32.2. The quantitative estimate of drug-likeness (QED) is 0.489. The number of nitrogens with two attached hydrogens (primary N) is 1. The van der Waals surface area contributed by atoms with Crippen molar-refractivity contribution >= 4 is 32.6 Å². The molecule has 1 amide bonds. The molecule has 4 rings (SSSR count). The first-order chi connectivity index (χ1) is 15.1. The molecule has 0 aliphatic heterocycles. The number of fused-ring (bicyclic) bond motifs is 1. The molecule has 0 radical (unpaired) electrons. The van der Waals surface area contributed by atoms with Crippen LogP contribution in [0.4, 0.5) is 5.69 Å². The number of anilines is 1. The third-order valence-electron chi connectivity index (χ3n) is 5.03. The number of hydrogen-bond acceptors (Lipinski definition) is 5. The number of amides is 1. The van der Waals surface area contributed by atoms with Crippen molar-refractivity contribution in [2.75, 3.05) is 5.32 Å². The van der Waals surface area contributed by atoms with Crippen LogP contribution in [0.15, 0.2) is 80.8 Å². The predicted octanol–water partition coefficient (Wildman–Crippen LogP) is 3.98. The fourth-order valence-electron chi connectivity index (χ4n) is 3.47. The lowest BCUT2D eigenvalue weighted by atomic mass is 10.1. The first kappa shape index (κ1) is 21.5. The second-order valence-corrected chi connectivity index (χ2v) is 9.10. The van der Waals surface area contributed by atoms with E-state index in [1.54, 1.807) is 30.3 Å². The van der Waals surface area contributed by atoms with Crippen LogP contribution in [0.25, 0.3) is 22.3 Å². The Hall–Kier alpha value is -3.75. The molecular weight excluding hydrogens is 428 g/mol. The lowest BCUT2D eigenvalue weighted by Gasteiger charge is -2.08. The zero-order valence-electron chi connectivity index (χ0n) is 17.4. The molecule has 162 valence electrons. The van der Waals surface area contributed by atoms with E-state index in [1.165, 1.54) is 30.3 Å². The molecule has 32 heavy (non-hydrogen) atoms. The second-order valence-electron chi connectivity index (χ2n) is 7.53. The summed E-state index contributed by atoms with van der Waals surface area (Å²) >= 11 is 0. The van der Waals surface area contributed by atoms with Gasteiger partial charge < -0.3 is 9.73 Å². The molecule has 1 heterocycles. The molecule has 7 nitrogen and oxygen atoms in total. The fraction of sp³-hybridized carbons (Fsp3) is 0.0833. The van der Waals surface area contributed by atoms with E-state index in [-0.39, 0.29) is 16.2 Å². The van der Waals surface area contributed by atoms with E-state index in [0.29, 0.717) is 33.5 Å². The van der Waals surface area contributed by atoms with Gasteiger partial charge in [-0.05, 0) is 67.4 Å². The molecule has 0 aliphatic rings. The van der Waals surface area contributed by atoms with Gasteiger partial charge in [-0.15, -0.1) is 0 Å². The van der Waals surface area contributed by atoms with Crippen LogP contribution in [-0.2, 0) is 10.0 Å². The SMILES string of the molecule is Cc1cc(C)c2oc(-c3ccc(C(=O)Nc4ccc(S(N)(=O)=O)cc4)cc3)cc(=O)c2c1. The standard InChI is InChI=1S/C24H20N2O5S/c1-14-11-15(2)23-20(12-14)21(27)13-22(31-23)16-3-5-17(6-4-16)24(28)26-18-7-9-19(10-8-18)32(25,29)30/h3-13H,1-2H3,(H,26,28)(H2,25,29,30). The van der Waals surface area contributed by atoms with Crippen LogP contribution in [-0.4, -0.2) is 14.3 Å². The van der Waals surface area contributed by atoms with Gasteiger partial charge in [0.25, 0.3) is 5.91 Å². The normalized spacial score (nSPS) is 11.5. The summed E-state index contributed by atoms with van der Waals surface area (Å²) in [5.41, 5.74) is 3.77. The lowest BCUT2D eigenvalue weighted by molar-refractivity contribution is 0.102. The van der Waals surface area contributed by atoms with Crippen LogP contribution < -0.4 is 15.9 Å². The third kappa shape index (κ3) is 4.32. The van der Waals surface area contributed by atoms with Crippen LogP contribution in [0.3, 0.4) is 0 Å². The lowest BCUT2D eigenvalue weighted by Crippen LogP contribution is -2.13. The summed E-state index contributed by atoms with van der Waals surface area (Å²) in [6.45, 7) is 3.82. The Morgan fingerprint density at radius 1 is 0.938 bits per heavy atom. The molecule has 0 saturated carbocycles. The first-order valence-corrected chi connectivity index (χ1v) is 11.3. The average molecular weight is 449 g/mol. The van der Waals surface area contributed by atoms with E-state index in [2.05, 4.69) is 5.32 Å². The van der Waals surface area contributed by atoms with Gasteiger partial charge >= 0.3 is 0 Å². The molecule has 0 aliphatic carbocycles. The van der Waals surface area contributed by atoms with E-state index in [4.69, 9.17) is 9.56 Å². The van der Waals surface area contributed by atoms with Gasteiger partial charge in [0.2, 0.25) is 10.0 Å². The molecule has 0 bridgehead atoms. The van der Waals surface area contributed by atoms with Gasteiger partial charge in [0, 0.05) is 22.9 Å². The maximum Gasteiger partial charge on any atom is 0.255 e. The minimum Gasteiger partial charge on any atom is -0.456 e. The Morgan fingerprint density at radius 2 is 1.59 bits per heavy atom. The summed E-state index contributed by atoms with van der Waals surface area (Å²) in [6, 6.07) is 17.4. The number of hydrogen-bond donors (Lipinski definition) is 2. The summed E-state index contributed by atoms with van der Waals surface area (Å²) in [5.74, 6) is 0.0474. The van der Waals surface area contributed by atoms with Crippen molar-refractivity contribution < 1.29 is 17.6 Å². The maximum absolute atomic E-state index is 12.6. The number of rotatable bonds is 4. The van der Waals surface area contributed by atoms with E-state index in [1.807, 2.05) is 19.9 Å². The Morgan fingerprint density at radius 3 is 2.22 bits per heavy atom. The molecule has 0 spiro atoms. The number of aryl methyl sites for hydroxylation is 2. The minimum absolute atomic E-state index is 0.0397. The van der Waals surface area contributed by atoms with Gasteiger partial charge in [-0.25, -0.2) is 13.6 Å². The largest absolute Gasteiger partial charge is 0.456 e. The number of sulfonamides is 1. The molecule has 0 saturated heterocycles. The summed E-state index contributed by atoms with van der Waals surface area (Å²) in [5, 5.41) is 8.31. The molecule has 3 N–H and O–H groups in total. The second kappa shape index (κ2) is 8.07. The van der Waals surface area contributed by atoms with Crippen LogP contribution in [0.1, 0.15) is 21.5 Å². The Balaban J connectivity index is 1.58. The Bertz CT molecular complexity index is 1500. The van der Waals surface area contributed by atoms with E-state index in [0.717, 1.165) is 11.1 Å². The minimum atomic E-state index is -3.80. The topological polar surface area (TPSA) is 119 Å². The van der Waals surface area contributed by atoms with E-state index < -0.39 is 10.0 Å². The highest BCUT2D eigenvalue weighted by molar-refractivity contribution is 7.89. The third-order valence-corrected chi connectivity index (χ3v) is 5.96. The van der Waals surface area contributed by atoms with Crippen LogP contribution in [0.5, 0.6) is 0 Å². The van der Waals surface area contributed by atoms with Crippen molar-refractivity contribution in [3.63, 3.8) is 0 Å². The number of primary sulfonamides is 1. The van der Waals surface area contributed by atoms with Crippen molar-refractivity contribution in [1.29, 1.82) is 0 Å². The Labute approximate surface area is 184 Å². The molecule has 8 heteroatoms. The van der Waals surface area contributed by atoms with E-state index >= 15 is 0 Å². The van der Waals surface area contributed by atoms with Gasteiger partial charge in [-0.1, -0.05) is 18.2 Å². The molecular formula is C24H20N2O5S. The van der Waals surface area contributed by atoms with E-state index in [9.17, 15) is 18.0 Å². The molecule has 1 aromatic heterocycles. The zero-order chi connectivity index (χ0) is 23.0. The zero-order valence-corrected chi connectivity index (χ0v) is 18.2. The average Bonchev–Trinajstić information content (AvgIpc) is 2.74. The molecule has 0 unspecified atom stereocenters. The smallest absolute Gasteiger partial charge is 0.255 e. The molecule has 0 fully saturated rings. The van der Waals surface area contributed by atoms with Gasteiger partial charge in [-0.3, -0.25) is 9.59 Å². The van der Waals surface area contributed by atoms with Crippen molar-refractivity contribution in [3.8, 4) is 11.3 Å². The Kier molecular flexibility index (Phi) is 5.41. The van der Waals surface area contributed by atoms with Crippen LogP contribution in [0, 0.1) is 13.8 Å². The summed E-state index contributed by atoms with van der Waals surface area (Å²) in [4.78, 5) is 25.1. The molecule has 3 aromatic carbocycles. The summed E-state index contributed by atoms with van der Waals surface area (Å²) < 4.78 is 28.6. The van der Waals surface area contributed by atoms with Crippen molar-refractivity contribution in [2.45, 2.75) is 18.7 Å². The van der Waals surface area contributed by atoms with Crippen molar-refractivity contribution in [1.82, 2.24) is 0 Å². The highest BCUT2D eigenvalue weighted by Crippen LogP contribution is 2.25. The van der Waals surface area contributed by atoms with Crippen molar-refractivity contribution in [3.05, 3.63) is 93.6 Å². The fourth-order valence-corrected chi connectivity index (χ4v) is 3.98. The summed E-state index contributed by atoms with van der Waals surface area (Å²) in [7, 11) is -3.80. The van der Waals surface area contributed by atoms with Crippen molar-refractivity contribution in [2.24, 2.45) is 5.14 Å². The number of benzene rings is 3. The molecule has 4 aromatic rings. The van der Waals surface area contributed by atoms with Crippen LogP contribution in [0.2, 0.25) is 0 Å². The number of carbonyl (C=O) groups is 1. The first-order valence-electron chi connectivity index (χ1n) is 9.71. The molecule has 0 atom stereocenters. The monoisotopic (exact) mass is 448 g/mol. The maximum atomic E-state index is 12.6.